The van der Waals surface area contributed by atoms with Crippen LogP contribution in [0.25, 0.3) is 10.9 Å². The van der Waals surface area contributed by atoms with Crippen molar-refractivity contribution in [2.45, 2.75) is 26.3 Å². The summed E-state index contributed by atoms with van der Waals surface area (Å²) in [7, 11) is 0. The molecule has 1 N–H and O–H groups in total. The highest BCUT2D eigenvalue weighted by molar-refractivity contribution is 5.95. The van der Waals surface area contributed by atoms with Crippen LogP contribution in [0.4, 0.5) is 0 Å². The minimum absolute atomic E-state index is 0. The number of carbonyl (C=O) groups is 1. The van der Waals surface area contributed by atoms with E-state index in [0.29, 0.717) is 36.9 Å². The van der Waals surface area contributed by atoms with E-state index in [4.69, 9.17) is 0 Å². The van der Waals surface area contributed by atoms with Crippen LogP contribution in [0, 0.1) is 11.8 Å². The van der Waals surface area contributed by atoms with Gasteiger partial charge in [0.15, 0.2) is 5.69 Å². The van der Waals surface area contributed by atoms with Gasteiger partial charge in [0.05, 0.1) is 5.52 Å². The maximum absolute atomic E-state index is 13.0. The first-order valence-corrected chi connectivity index (χ1v) is 9.19. The number of amides is 1. The smallest absolute Gasteiger partial charge is 0.278 e. The molecule has 0 bridgehead atoms. The van der Waals surface area contributed by atoms with E-state index in [1.54, 1.807) is 10.7 Å². The third-order valence-corrected chi connectivity index (χ3v) is 5.67. The lowest BCUT2D eigenvalue weighted by molar-refractivity contribution is 0.0749. The Morgan fingerprint density at radius 3 is 2.50 bits per heavy atom. The second-order valence-electron chi connectivity index (χ2n) is 7.06. The molecule has 2 aliphatic heterocycles. The number of carbonyl (C=O) groups excluding carboxylic acids is 1. The van der Waals surface area contributed by atoms with E-state index >= 15 is 0 Å². The van der Waals surface area contributed by atoms with Crippen LogP contribution in [-0.2, 0) is 6.54 Å². The number of likely N-dealkylation sites (tertiary alicyclic amines) is 1. The first-order valence-electron chi connectivity index (χ1n) is 9.19. The van der Waals surface area contributed by atoms with Gasteiger partial charge in [0.2, 0.25) is 5.43 Å². The van der Waals surface area contributed by atoms with E-state index in [1.807, 2.05) is 30.0 Å². The fraction of sp³-hybridized carbons (Fsp3) is 0.526. The van der Waals surface area contributed by atoms with Crippen molar-refractivity contribution in [1.82, 2.24) is 20.0 Å². The summed E-state index contributed by atoms with van der Waals surface area (Å²) < 4.78 is 1.75. The van der Waals surface area contributed by atoms with Gasteiger partial charge < -0.3 is 10.2 Å². The Labute approximate surface area is 159 Å². The number of hydrogen-bond donors (Lipinski definition) is 1. The number of nitrogens with zero attached hydrogens (tertiary/aromatic N) is 3. The Bertz CT molecular complexity index is 852. The number of para-hydroxylation sites is 1. The molecule has 2 atom stereocenters. The first kappa shape index (κ1) is 18.9. The van der Waals surface area contributed by atoms with Crippen molar-refractivity contribution in [3.8, 4) is 0 Å². The fourth-order valence-electron chi connectivity index (χ4n) is 4.19. The van der Waals surface area contributed by atoms with Crippen LogP contribution in [-0.4, -0.2) is 46.8 Å². The van der Waals surface area contributed by atoms with Crippen molar-refractivity contribution in [2.24, 2.45) is 11.8 Å². The molecule has 1 aromatic heterocycles. The fourth-order valence-corrected chi connectivity index (χ4v) is 4.19. The summed E-state index contributed by atoms with van der Waals surface area (Å²) in [6.45, 7) is 6.10. The molecule has 6 nitrogen and oxygen atoms in total. The zero-order chi connectivity index (χ0) is 17.4. The van der Waals surface area contributed by atoms with E-state index in [1.165, 1.54) is 0 Å². The van der Waals surface area contributed by atoms with Gasteiger partial charge in [-0.15, -0.1) is 12.4 Å². The average Bonchev–Trinajstić information content (AvgIpc) is 3.00. The lowest BCUT2D eigenvalue weighted by Gasteiger charge is -2.21. The van der Waals surface area contributed by atoms with Crippen LogP contribution in [0.3, 0.4) is 0 Å². The average molecular weight is 377 g/mol. The van der Waals surface area contributed by atoms with Gasteiger partial charge in [-0.25, -0.2) is 0 Å². The second-order valence-corrected chi connectivity index (χ2v) is 7.06. The van der Waals surface area contributed by atoms with Crippen LogP contribution < -0.4 is 10.7 Å². The van der Waals surface area contributed by atoms with E-state index in [0.717, 1.165) is 31.4 Å². The number of fused-ring (bicyclic) bond motifs is 2. The second kappa shape index (κ2) is 7.76. The summed E-state index contributed by atoms with van der Waals surface area (Å²) in [6.07, 6.45) is 2.00. The number of aryl methyl sites for hydroxylation is 1. The molecule has 0 spiro atoms. The highest BCUT2D eigenvalue weighted by Gasteiger charge is 2.32. The molecule has 2 fully saturated rings. The first-order chi connectivity index (χ1) is 12.2. The number of nitrogens with one attached hydrogen (secondary N) is 1. The minimum Gasteiger partial charge on any atom is -0.337 e. The summed E-state index contributed by atoms with van der Waals surface area (Å²) in [5.74, 6) is 1.08. The van der Waals surface area contributed by atoms with Crippen molar-refractivity contribution in [3.63, 3.8) is 0 Å². The molecule has 7 heteroatoms. The zero-order valence-electron chi connectivity index (χ0n) is 15.0. The Morgan fingerprint density at radius 2 is 1.85 bits per heavy atom. The van der Waals surface area contributed by atoms with E-state index in [-0.39, 0.29) is 29.4 Å². The molecule has 1 aromatic carbocycles. The molecular weight excluding hydrogens is 352 g/mol. The Kier molecular flexibility index (Phi) is 5.63. The van der Waals surface area contributed by atoms with Gasteiger partial charge in [-0.1, -0.05) is 12.1 Å². The molecular formula is C19H25ClN4O2. The quantitative estimate of drug-likeness (QED) is 0.869. The third kappa shape index (κ3) is 3.23. The van der Waals surface area contributed by atoms with Crippen LogP contribution in [0.2, 0.25) is 0 Å². The Balaban J connectivity index is 0.00000196. The largest absolute Gasteiger partial charge is 0.337 e. The van der Waals surface area contributed by atoms with Crippen LogP contribution in [0.15, 0.2) is 29.1 Å². The maximum atomic E-state index is 13.0. The normalized spacial score (nSPS) is 22.6. The maximum Gasteiger partial charge on any atom is 0.278 e. The molecule has 26 heavy (non-hydrogen) atoms. The summed E-state index contributed by atoms with van der Waals surface area (Å²) >= 11 is 0. The molecule has 4 rings (SSSR count). The molecule has 2 aliphatic rings. The van der Waals surface area contributed by atoms with Crippen LogP contribution in [0.1, 0.15) is 30.3 Å². The number of rotatable bonds is 2. The standard InChI is InChI=1S/C19H24N4O2.ClH/c1-2-23-16-6-4-3-5-15(16)18(24)17(21-23)19(25)22-9-7-13-11-20-12-14(13)8-10-22;/h3-6,13-14,20H,2,7-12H2,1H3;1H/t13-,14+;. The van der Waals surface area contributed by atoms with Crippen LogP contribution in [0.5, 0.6) is 0 Å². The van der Waals surface area contributed by atoms with E-state index in [9.17, 15) is 9.59 Å². The van der Waals surface area contributed by atoms with Gasteiger partial charge >= 0.3 is 0 Å². The van der Waals surface area contributed by atoms with Gasteiger partial charge in [0.1, 0.15) is 0 Å². The van der Waals surface area contributed by atoms with Crippen molar-refractivity contribution in [2.75, 3.05) is 26.2 Å². The van der Waals surface area contributed by atoms with Gasteiger partial charge in [-0.2, -0.15) is 5.10 Å². The predicted molar refractivity (Wildman–Crippen MR) is 104 cm³/mol. The van der Waals surface area contributed by atoms with Gasteiger partial charge in [0.25, 0.3) is 5.91 Å². The highest BCUT2D eigenvalue weighted by atomic mass is 35.5. The molecule has 3 heterocycles. The Morgan fingerprint density at radius 1 is 1.19 bits per heavy atom. The topological polar surface area (TPSA) is 67.2 Å². The molecule has 1 amide bonds. The number of benzene rings is 1. The summed E-state index contributed by atoms with van der Waals surface area (Å²) in [5, 5.41) is 8.41. The van der Waals surface area contributed by atoms with Crippen LogP contribution >= 0.6 is 12.4 Å². The third-order valence-electron chi connectivity index (χ3n) is 5.67. The van der Waals surface area contributed by atoms with Crippen molar-refractivity contribution in [3.05, 3.63) is 40.2 Å². The molecule has 0 radical (unpaired) electrons. The van der Waals surface area contributed by atoms with Crippen molar-refractivity contribution < 1.29 is 4.79 Å². The lowest BCUT2D eigenvalue weighted by atomic mass is 9.92. The monoisotopic (exact) mass is 376 g/mol. The highest BCUT2D eigenvalue weighted by Crippen LogP contribution is 2.27. The summed E-state index contributed by atoms with van der Waals surface area (Å²) in [5.41, 5.74) is 0.588. The number of hydrogen-bond acceptors (Lipinski definition) is 4. The summed E-state index contributed by atoms with van der Waals surface area (Å²) in [4.78, 5) is 27.7. The van der Waals surface area contributed by atoms with E-state index in [2.05, 4.69) is 10.4 Å². The molecule has 140 valence electrons. The predicted octanol–water partition coefficient (Wildman–Crippen LogP) is 1.91. The number of halogens is 1. The van der Waals surface area contributed by atoms with Crippen molar-refractivity contribution in [1.29, 1.82) is 0 Å². The Hall–Kier alpha value is -1.92. The molecule has 0 unspecified atom stereocenters. The molecule has 0 aliphatic carbocycles. The van der Waals surface area contributed by atoms with Gasteiger partial charge in [0, 0.05) is 25.0 Å². The summed E-state index contributed by atoms with van der Waals surface area (Å²) in [6, 6.07) is 7.37. The molecule has 2 saturated heterocycles. The van der Waals surface area contributed by atoms with Gasteiger partial charge in [-0.3, -0.25) is 14.3 Å². The van der Waals surface area contributed by atoms with Crippen molar-refractivity contribution >= 4 is 29.2 Å². The number of aromatic nitrogens is 2. The lowest BCUT2D eigenvalue weighted by Crippen LogP contribution is -2.37. The minimum atomic E-state index is -0.253. The zero-order valence-corrected chi connectivity index (χ0v) is 15.8. The van der Waals surface area contributed by atoms with Gasteiger partial charge in [-0.05, 0) is 56.8 Å². The molecule has 2 aromatic rings. The SMILES string of the molecule is CCn1nc(C(=O)N2CC[C@@H]3CNC[C@@H]3CC2)c(=O)c2ccccc21.Cl. The molecule has 0 saturated carbocycles. The van der Waals surface area contributed by atoms with E-state index < -0.39 is 0 Å².